The normalized spacial score (nSPS) is 19.4. The minimum Gasteiger partial charge on any atom is -0.399 e. The lowest BCUT2D eigenvalue weighted by atomic mass is 9.95. The van der Waals surface area contributed by atoms with E-state index in [0.717, 1.165) is 34.1 Å². The molecule has 0 unspecified atom stereocenters. The van der Waals surface area contributed by atoms with E-state index in [1.165, 1.54) is 24.3 Å². The van der Waals surface area contributed by atoms with Gasteiger partial charge in [0.1, 0.15) is 0 Å². The molecule has 0 saturated carbocycles. The van der Waals surface area contributed by atoms with Crippen LogP contribution in [0.3, 0.4) is 0 Å². The molecule has 19 heteroatoms. The van der Waals surface area contributed by atoms with Gasteiger partial charge in [0.15, 0.2) is 0 Å². The Morgan fingerprint density at radius 3 is 1.41 bits per heavy atom. The molecule has 13 nitrogen and oxygen atoms in total. The number of halogens is 6. The minimum atomic E-state index is -4.67. The van der Waals surface area contributed by atoms with Crippen molar-refractivity contribution in [3.05, 3.63) is 142 Å². The Bertz CT molecular complexity index is 2590. The number of likely N-dealkylation sites (N-methyl/N-ethyl adjacent to an activating group) is 1. The van der Waals surface area contributed by atoms with Crippen LogP contribution in [0.2, 0.25) is 0 Å². The number of urea groups is 2. The SMILES string of the molecule is C[N+](C)(CCCN1CC2=C(C1=O)[C@@H](c1ccc(N)cc1)NC(=O)N2c1cccc(C(F)(F)F)c1)CCN1CC2=C(C1=O)[C@@H](c1ccc(N)cc1)NC(=O)N2c1cccc(C(F)(F)F)c1. The van der Waals surface area contributed by atoms with Gasteiger partial charge in [0.05, 0.1) is 104 Å². The summed E-state index contributed by atoms with van der Waals surface area (Å²) in [5.74, 6) is -0.778. The Kier molecular flexibility index (Phi) is 11.1. The monoisotopic (exact) mass is 888 g/mol. The van der Waals surface area contributed by atoms with Gasteiger partial charge in [-0.1, -0.05) is 36.4 Å². The maximum absolute atomic E-state index is 14.3. The van der Waals surface area contributed by atoms with Crippen LogP contribution in [-0.2, 0) is 21.9 Å². The van der Waals surface area contributed by atoms with Crippen molar-refractivity contribution in [3.8, 4) is 0 Å². The Morgan fingerprint density at radius 2 is 1.00 bits per heavy atom. The smallest absolute Gasteiger partial charge is 0.399 e. The molecule has 64 heavy (non-hydrogen) atoms. The van der Waals surface area contributed by atoms with Crippen molar-refractivity contribution in [1.29, 1.82) is 0 Å². The van der Waals surface area contributed by atoms with Crippen molar-refractivity contribution in [2.24, 2.45) is 0 Å². The maximum Gasteiger partial charge on any atom is 0.416 e. The van der Waals surface area contributed by atoms with Crippen LogP contribution < -0.4 is 31.9 Å². The second-order valence-electron chi connectivity index (χ2n) is 16.8. The lowest BCUT2D eigenvalue weighted by Crippen LogP contribution is -2.47. The van der Waals surface area contributed by atoms with E-state index in [0.29, 0.717) is 46.5 Å². The van der Waals surface area contributed by atoms with Crippen molar-refractivity contribution in [2.45, 2.75) is 30.9 Å². The quantitative estimate of drug-likeness (QED) is 0.0739. The molecule has 334 valence electrons. The molecule has 0 spiro atoms. The van der Waals surface area contributed by atoms with Gasteiger partial charge < -0.3 is 36.4 Å². The summed E-state index contributed by atoms with van der Waals surface area (Å²) >= 11 is 0. The fourth-order valence-corrected chi connectivity index (χ4v) is 8.61. The third-order valence-electron chi connectivity index (χ3n) is 12.0. The van der Waals surface area contributed by atoms with Crippen LogP contribution >= 0.6 is 0 Å². The molecule has 4 aromatic carbocycles. The summed E-state index contributed by atoms with van der Waals surface area (Å²) in [5.41, 5.74) is 12.8. The number of amides is 6. The number of nitrogens with zero attached hydrogens (tertiary/aromatic N) is 5. The molecule has 6 amide bonds. The Hall–Kier alpha value is -7.02. The number of quaternary nitrogens is 1. The molecule has 6 N–H and O–H groups in total. The Balaban J connectivity index is 0.977. The number of benzene rings is 4. The molecule has 0 fully saturated rings. The molecule has 8 rings (SSSR count). The zero-order chi connectivity index (χ0) is 45.9. The number of carbonyl (C=O) groups is 4. The number of rotatable bonds is 11. The highest BCUT2D eigenvalue weighted by molar-refractivity contribution is 6.08. The third kappa shape index (κ3) is 8.41. The Morgan fingerprint density at radius 1 is 0.594 bits per heavy atom. The van der Waals surface area contributed by atoms with E-state index in [2.05, 4.69) is 10.6 Å². The van der Waals surface area contributed by atoms with Gasteiger partial charge in [0.2, 0.25) is 0 Å². The van der Waals surface area contributed by atoms with Crippen molar-refractivity contribution in [2.75, 3.05) is 74.6 Å². The first-order valence-corrected chi connectivity index (χ1v) is 20.3. The van der Waals surface area contributed by atoms with Gasteiger partial charge in [0.25, 0.3) is 11.8 Å². The van der Waals surface area contributed by atoms with Crippen LogP contribution in [0.4, 0.5) is 58.7 Å². The number of nitrogen functional groups attached to an aromatic ring is 2. The highest BCUT2D eigenvalue weighted by Crippen LogP contribution is 2.42. The van der Waals surface area contributed by atoms with E-state index in [9.17, 15) is 45.5 Å². The van der Waals surface area contributed by atoms with Gasteiger partial charge >= 0.3 is 24.4 Å². The predicted molar refractivity (Wildman–Crippen MR) is 226 cm³/mol. The number of anilines is 4. The van der Waals surface area contributed by atoms with Crippen molar-refractivity contribution >= 4 is 46.6 Å². The summed E-state index contributed by atoms with van der Waals surface area (Å²) in [6.07, 6.45) is -8.89. The number of hydrogen-bond donors (Lipinski definition) is 4. The molecule has 0 radical (unpaired) electrons. The first-order chi connectivity index (χ1) is 30.2. The molecule has 0 bridgehead atoms. The first kappa shape index (κ1) is 43.6. The van der Waals surface area contributed by atoms with Crippen LogP contribution in [0.5, 0.6) is 0 Å². The number of carbonyl (C=O) groups excluding carboxylic acids is 4. The summed E-state index contributed by atoms with van der Waals surface area (Å²) in [6, 6.07) is 18.7. The molecule has 4 aliphatic rings. The van der Waals surface area contributed by atoms with Crippen LogP contribution in [-0.4, -0.2) is 91.5 Å². The summed E-state index contributed by atoms with van der Waals surface area (Å²) in [7, 11) is 3.88. The number of nitrogens with one attached hydrogen (secondary N) is 2. The zero-order valence-corrected chi connectivity index (χ0v) is 34.6. The third-order valence-corrected chi connectivity index (χ3v) is 12.0. The van der Waals surface area contributed by atoms with Crippen LogP contribution in [0.15, 0.2) is 120 Å². The summed E-state index contributed by atoms with van der Waals surface area (Å²) < 4.78 is 82.9. The van der Waals surface area contributed by atoms with Gasteiger partial charge in [-0.3, -0.25) is 19.4 Å². The van der Waals surface area contributed by atoms with Gasteiger partial charge in [-0.25, -0.2) is 9.59 Å². The average Bonchev–Trinajstić information content (AvgIpc) is 3.74. The maximum atomic E-state index is 14.3. The standard InChI is InChI=1S/C45H43F6N9O4/c1-60(2,21-19-57-25-35-37(41(57)62)39(27-12-16-31(53)17-13-27)55-43(64)59(35)33-9-4-7-29(23-33)45(49,50)51)20-5-18-56-24-34-36(40(56)61)38(26-10-14-30(52)15-11-26)54-42(63)58(34)32-8-3-6-28(22-32)44(46,47)48/h3-4,6-17,22-23,38-39H,5,18-21,24-25,52-53H2,1-2H3,(H-,54,55,63,64)/p+1/t38-,39-/m1/s1. The molecule has 4 aliphatic heterocycles. The molecule has 4 aromatic rings. The van der Waals surface area contributed by atoms with Crippen LogP contribution in [0.1, 0.15) is 40.8 Å². The average molecular weight is 889 g/mol. The summed E-state index contributed by atoms with van der Waals surface area (Å²) in [6.45, 7) is 1.26. The van der Waals surface area contributed by atoms with E-state index in [4.69, 9.17) is 11.5 Å². The fourth-order valence-electron chi connectivity index (χ4n) is 8.61. The van der Waals surface area contributed by atoms with Gasteiger partial charge in [-0.15, -0.1) is 0 Å². The first-order valence-electron chi connectivity index (χ1n) is 20.3. The van der Waals surface area contributed by atoms with Crippen molar-refractivity contribution < 1.29 is 50.0 Å². The van der Waals surface area contributed by atoms with Gasteiger partial charge in [0, 0.05) is 24.3 Å². The lowest BCUT2D eigenvalue weighted by Gasteiger charge is -2.34. The van der Waals surface area contributed by atoms with Crippen molar-refractivity contribution in [1.82, 2.24) is 20.4 Å². The highest BCUT2D eigenvalue weighted by atomic mass is 19.4. The molecular weight excluding hydrogens is 845 g/mol. The van der Waals surface area contributed by atoms with E-state index in [1.807, 2.05) is 14.1 Å². The topological polar surface area (TPSA) is 157 Å². The lowest BCUT2D eigenvalue weighted by molar-refractivity contribution is -0.889. The number of hydrogen-bond acceptors (Lipinski definition) is 6. The summed E-state index contributed by atoms with van der Waals surface area (Å²) in [5, 5.41) is 5.62. The Labute approximate surface area is 363 Å². The minimum absolute atomic E-state index is 0.0411. The van der Waals surface area contributed by atoms with E-state index < -0.39 is 53.5 Å². The predicted octanol–water partition coefficient (Wildman–Crippen LogP) is 6.79. The van der Waals surface area contributed by atoms with E-state index >= 15 is 0 Å². The molecule has 0 aromatic heterocycles. The van der Waals surface area contributed by atoms with E-state index in [1.54, 1.807) is 58.3 Å². The largest absolute Gasteiger partial charge is 0.416 e. The molecule has 0 saturated heterocycles. The molecule has 4 heterocycles. The number of nitrogens with two attached hydrogens (primary N) is 2. The van der Waals surface area contributed by atoms with Gasteiger partial charge in [-0.2, -0.15) is 26.3 Å². The summed E-state index contributed by atoms with van der Waals surface area (Å²) in [4.78, 5) is 61.2. The van der Waals surface area contributed by atoms with Crippen LogP contribution in [0, 0.1) is 0 Å². The molecular formula is C45H44F6N9O4+. The molecule has 2 atom stereocenters. The van der Waals surface area contributed by atoms with Gasteiger partial charge in [-0.05, 0) is 71.8 Å². The second kappa shape index (κ2) is 16.3. The van der Waals surface area contributed by atoms with Crippen LogP contribution in [0.25, 0.3) is 0 Å². The van der Waals surface area contributed by atoms with Crippen molar-refractivity contribution in [3.63, 3.8) is 0 Å². The fraction of sp³-hybridized carbons (Fsp3) is 0.289. The molecule has 0 aliphatic carbocycles. The second-order valence-corrected chi connectivity index (χ2v) is 16.8. The highest BCUT2D eigenvalue weighted by Gasteiger charge is 2.47. The number of alkyl halides is 6. The zero-order valence-electron chi connectivity index (χ0n) is 34.6. The van der Waals surface area contributed by atoms with E-state index in [-0.39, 0.29) is 66.0 Å².